The van der Waals surface area contributed by atoms with Crippen LogP contribution in [0.15, 0.2) is 24.1 Å². The summed E-state index contributed by atoms with van der Waals surface area (Å²) in [5.41, 5.74) is 5.86. The van der Waals surface area contributed by atoms with E-state index in [2.05, 4.69) is 4.74 Å². The molecule has 0 rings (SSSR count). The van der Waals surface area contributed by atoms with Crippen LogP contribution in [0.3, 0.4) is 0 Å². The van der Waals surface area contributed by atoms with Crippen molar-refractivity contribution in [3.05, 3.63) is 24.1 Å². The number of nitrogens with two attached hydrogens (primary N) is 1. The summed E-state index contributed by atoms with van der Waals surface area (Å²) in [6.07, 6.45) is 5.01. The largest absolute Gasteiger partial charge is 0.504 e. The molecule has 2 N–H and O–H groups in total. The summed E-state index contributed by atoms with van der Waals surface area (Å²) >= 11 is 0. The van der Waals surface area contributed by atoms with Gasteiger partial charge in [-0.3, -0.25) is 4.39 Å². The first-order valence-corrected chi connectivity index (χ1v) is 3.01. The molecule has 0 spiro atoms. The van der Waals surface area contributed by atoms with Gasteiger partial charge in [0.1, 0.15) is 0 Å². The Labute approximate surface area is 60.2 Å². The lowest BCUT2D eigenvalue weighted by Crippen LogP contribution is -1.96. The number of alkyl halides is 1. The quantitative estimate of drug-likeness (QED) is 0.478. The zero-order valence-electron chi connectivity index (χ0n) is 6.01. The van der Waals surface area contributed by atoms with Crippen molar-refractivity contribution in [1.82, 2.24) is 0 Å². The van der Waals surface area contributed by atoms with Gasteiger partial charge in [-0.25, -0.2) is 0 Å². The van der Waals surface area contributed by atoms with Gasteiger partial charge < -0.3 is 10.5 Å². The molecule has 58 valence electrons. The molecule has 0 saturated heterocycles. The highest BCUT2D eigenvalue weighted by molar-refractivity contribution is 5.07. The summed E-state index contributed by atoms with van der Waals surface area (Å²) in [7, 11) is 1.54. The summed E-state index contributed by atoms with van der Waals surface area (Å²) in [6.45, 7) is -0.414. The van der Waals surface area contributed by atoms with Crippen LogP contribution in [0.5, 0.6) is 0 Å². The number of hydrogen-bond acceptors (Lipinski definition) is 2. The summed E-state index contributed by atoms with van der Waals surface area (Å²) in [5, 5.41) is 0. The second-order valence-corrected chi connectivity index (χ2v) is 1.74. The van der Waals surface area contributed by atoms with E-state index in [1.54, 1.807) is 12.2 Å². The summed E-state index contributed by atoms with van der Waals surface area (Å²) in [5.74, 6) is 0. The summed E-state index contributed by atoms with van der Waals surface area (Å²) in [4.78, 5) is 0. The minimum absolute atomic E-state index is 0.286. The number of hydrogen-bond donors (Lipinski definition) is 1. The number of rotatable bonds is 4. The smallest absolute Gasteiger partial charge is 0.0948 e. The maximum Gasteiger partial charge on any atom is 0.0948 e. The molecule has 0 bridgehead atoms. The van der Waals surface area contributed by atoms with Crippen molar-refractivity contribution < 1.29 is 9.13 Å². The van der Waals surface area contributed by atoms with Crippen LogP contribution >= 0.6 is 0 Å². The van der Waals surface area contributed by atoms with Gasteiger partial charge >= 0.3 is 0 Å². The molecule has 0 aromatic heterocycles. The fourth-order valence-electron chi connectivity index (χ4n) is 0.434. The van der Waals surface area contributed by atoms with E-state index in [1.165, 1.54) is 13.4 Å². The highest BCUT2D eigenvalue weighted by atomic mass is 19.1. The number of ether oxygens (including phenoxy) is 1. The Morgan fingerprint density at radius 1 is 1.70 bits per heavy atom. The summed E-state index contributed by atoms with van der Waals surface area (Å²) < 4.78 is 16.2. The van der Waals surface area contributed by atoms with Gasteiger partial charge in [0.2, 0.25) is 0 Å². The van der Waals surface area contributed by atoms with Gasteiger partial charge in [0.15, 0.2) is 0 Å². The van der Waals surface area contributed by atoms with E-state index >= 15 is 0 Å². The zero-order valence-corrected chi connectivity index (χ0v) is 6.01. The van der Waals surface area contributed by atoms with Gasteiger partial charge in [-0.05, 0) is 12.2 Å². The van der Waals surface area contributed by atoms with E-state index in [-0.39, 0.29) is 6.42 Å². The maximum absolute atomic E-state index is 11.6. The highest BCUT2D eigenvalue weighted by Gasteiger charge is 1.85. The Hall–Kier alpha value is -0.990. The first kappa shape index (κ1) is 9.01. The van der Waals surface area contributed by atoms with Crippen molar-refractivity contribution in [1.29, 1.82) is 0 Å². The van der Waals surface area contributed by atoms with Crippen LogP contribution in [-0.4, -0.2) is 13.8 Å². The Balaban J connectivity index is 3.56. The SMILES string of the molecule is CO/C=C/C=C(/N)CCF. The average Bonchev–Trinajstić information content (AvgIpc) is 1.89. The first-order valence-electron chi connectivity index (χ1n) is 3.01. The van der Waals surface area contributed by atoms with Gasteiger partial charge in [-0.1, -0.05) is 0 Å². The van der Waals surface area contributed by atoms with Gasteiger partial charge in [0.25, 0.3) is 0 Å². The van der Waals surface area contributed by atoms with E-state index in [9.17, 15) is 4.39 Å². The molecule has 0 fully saturated rings. The molecule has 0 aromatic rings. The Bertz CT molecular complexity index is 132. The number of halogens is 1. The molecule has 10 heavy (non-hydrogen) atoms. The Kier molecular flexibility index (Phi) is 5.53. The fraction of sp³-hybridized carbons (Fsp3) is 0.429. The van der Waals surface area contributed by atoms with Crippen molar-refractivity contribution in [3.8, 4) is 0 Å². The molecular formula is C7H12FNO. The summed E-state index contributed by atoms with van der Waals surface area (Å²) in [6, 6.07) is 0. The fourth-order valence-corrected chi connectivity index (χ4v) is 0.434. The lowest BCUT2D eigenvalue weighted by atomic mass is 10.3. The van der Waals surface area contributed by atoms with Crippen molar-refractivity contribution in [3.63, 3.8) is 0 Å². The molecule has 0 saturated carbocycles. The van der Waals surface area contributed by atoms with Crippen LogP contribution in [0.25, 0.3) is 0 Å². The second-order valence-electron chi connectivity index (χ2n) is 1.74. The van der Waals surface area contributed by atoms with Crippen LogP contribution in [0, 0.1) is 0 Å². The first-order chi connectivity index (χ1) is 4.81. The minimum Gasteiger partial charge on any atom is -0.504 e. The van der Waals surface area contributed by atoms with E-state index in [4.69, 9.17) is 5.73 Å². The van der Waals surface area contributed by atoms with Crippen molar-refractivity contribution in [2.75, 3.05) is 13.8 Å². The normalized spacial score (nSPS) is 12.4. The van der Waals surface area contributed by atoms with Crippen LogP contribution < -0.4 is 5.73 Å². The second kappa shape index (κ2) is 6.13. The molecule has 0 aliphatic heterocycles. The Morgan fingerprint density at radius 3 is 2.90 bits per heavy atom. The zero-order chi connectivity index (χ0) is 7.82. The molecule has 3 heteroatoms. The molecule has 0 atom stereocenters. The maximum atomic E-state index is 11.6. The lowest BCUT2D eigenvalue weighted by molar-refractivity contribution is 0.338. The number of allylic oxidation sites excluding steroid dienone is 3. The van der Waals surface area contributed by atoms with Gasteiger partial charge in [-0.15, -0.1) is 0 Å². The molecule has 0 radical (unpaired) electrons. The standard InChI is InChI=1S/C7H12FNO/c1-10-6-2-3-7(9)4-5-8/h2-3,6H,4-5,9H2,1H3/b6-2+,7-3+. The average molecular weight is 145 g/mol. The van der Waals surface area contributed by atoms with Crippen LogP contribution in [0.2, 0.25) is 0 Å². The topological polar surface area (TPSA) is 35.2 Å². The predicted molar refractivity (Wildman–Crippen MR) is 39.0 cm³/mol. The van der Waals surface area contributed by atoms with E-state index in [0.717, 1.165) is 0 Å². The molecule has 0 aliphatic rings. The molecule has 2 nitrogen and oxygen atoms in total. The minimum atomic E-state index is -0.414. The van der Waals surface area contributed by atoms with Crippen molar-refractivity contribution in [2.24, 2.45) is 5.73 Å². The molecular weight excluding hydrogens is 133 g/mol. The highest BCUT2D eigenvalue weighted by Crippen LogP contribution is 1.92. The van der Waals surface area contributed by atoms with Crippen molar-refractivity contribution >= 4 is 0 Å². The van der Waals surface area contributed by atoms with E-state index < -0.39 is 6.67 Å². The molecule has 0 aliphatic carbocycles. The van der Waals surface area contributed by atoms with Gasteiger partial charge in [0.05, 0.1) is 20.0 Å². The molecule has 0 heterocycles. The van der Waals surface area contributed by atoms with Gasteiger partial charge in [0, 0.05) is 12.1 Å². The van der Waals surface area contributed by atoms with E-state index in [1.807, 2.05) is 0 Å². The Morgan fingerprint density at radius 2 is 2.40 bits per heavy atom. The van der Waals surface area contributed by atoms with E-state index in [0.29, 0.717) is 5.70 Å². The molecule has 0 amide bonds. The molecule has 0 aromatic carbocycles. The van der Waals surface area contributed by atoms with Crippen molar-refractivity contribution in [2.45, 2.75) is 6.42 Å². The van der Waals surface area contributed by atoms with Crippen LogP contribution in [0.1, 0.15) is 6.42 Å². The third kappa shape index (κ3) is 5.15. The number of methoxy groups -OCH3 is 1. The van der Waals surface area contributed by atoms with Gasteiger partial charge in [-0.2, -0.15) is 0 Å². The lowest BCUT2D eigenvalue weighted by Gasteiger charge is -1.91. The third-order valence-corrected chi connectivity index (χ3v) is 0.908. The van der Waals surface area contributed by atoms with Crippen LogP contribution in [-0.2, 0) is 4.74 Å². The predicted octanol–water partition coefficient (Wildman–Crippen LogP) is 1.35. The monoisotopic (exact) mass is 145 g/mol. The molecule has 0 unspecified atom stereocenters. The van der Waals surface area contributed by atoms with Crippen LogP contribution in [0.4, 0.5) is 4.39 Å². The third-order valence-electron chi connectivity index (χ3n) is 0.908.